The van der Waals surface area contributed by atoms with E-state index in [4.69, 9.17) is 10.5 Å². The lowest BCUT2D eigenvalue weighted by molar-refractivity contribution is 0.234. The average molecular weight is 369 g/mol. The molecule has 3 N–H and O–H groups in total. The minimum Gasteiger partial charge on any atom is -0.473 e. The van der Waals surface area contributed by atoms with Crippen LogP contribution >= 0.6 is 22.6 Å². The Labute approximate surface area is 126 Å². The number of anilines is 3. The third kappa shape index (κ3) is 3.73. The maximum atomic E-state index is 5.84. The summed E-state index contributed by atoms with van der Waals surface area (Å²) in [5.74, 6) is 1.18. The third-order valence-electron chi connectivity index (χ3n) is 2.37. The largest absolute Gasteiger partial charge is 0.473 e. The second-order valence-corrected chi connectivity index (χ2v) is 5.52. The molecule has 0 aliphatic carbocycles. The summed E-state index contributed by atoms with van der Waals surface area (Å²) in [5.41, 5.74) is 7.40. The van der Waals surface area contributed by atoms with Gasteiger partial charge in [0.1, 0.15) is 5.82 Å². The Bertz CT molecular complexity index is 572. The number of nitrogens with two attached hydrogens (primary N) is 1. The van der Waals surface area contributed by atoms with E-state index in [1.54, 1.807) is 6.07 Å². The van der Waals surface area contributed by atoms with Crippen LogP contribution in [0.1, 0.15) is 13.8 Å². The van der Waals surface area contributed by atoms with E-state index in [9.17, 15) is 0 Å². The molecule has 2 rings (SSSR count). The molecule has 2 aromatic rings. The summed E-state index contributed by atoms with van der Waals surface area (Å²) in [6, 6.07) is 11.6. The van der Waals surface area contributed by atoms with E-state index in [0.29, 0.717) is 17.4 Å². The molecule has 100 valence electrons. The summed E-state index contributed by atoms with van der Waals surface area (Å²) in [4.78, 5) is 4.39. The Morgan fingerprint density at radius 3 is 2.63 bits per heavy atom. The summed E-state index contributed by atoms with van der Waals surface area (Å²) < 4.78 is 6.71. The first-order valence-electron chi connectivity index (χ1n) is 6.01. The van der Waals surface area contributed by atoms with Crippen LogP contribution in [-0.2, 0) is 0 Å². The summed E-state index contributed by atoms with van der Waals surface area (Å²) >= 11 is 2.28. The van der Waals surface area contributed by atoms with Crippen molar-refractivity contribution in [2.75, 3.05) is 11.1 Å². The number of nitrogens with zero attached hydrogens (tertiary/aromatic N) is 1. The number of halogens is 1. The van der Waals surface area contributed by atoms with Crippen LogP contribution in [0.2, 0.25) is 0 Å². The Balaban J connectivity index is 2.24. The fourth-order valence-electron chi connectivity index (χ4n) is 1.54. The van der Waals surface area contributed by atoms with Crippen LogP contribution in [0.5, 0.6) is 5.88 Å². The number of pyridine rings is 1. The van der Waals surface area contributed by atoms with Crippen molar-refractivity contribution in [2.45, 2.75) is 20.0 Å². The molecule has 19 heavy (non-hydrogen) atoms. The fourth-order valence-corrected chi connectivity index (χ4v) is 2.06. The molecule has 0 unspecified atom stereocenters. The Hall–Kier alpha value is -1.50. The molecule has 0 saturated heterocycles. The van der Waals surface area contributed by atoms with Gasteiger partial charge in [0, 0.05) is 3.57 Å². The van der Waals surface area contributed by atoms with Gasteiger partial charge in [-0.2, -0.15) is 4.98 Å². The lowest BCUT2D eigenvalue weighted by Gasteiger charge is -2.13. The molecule has 0 aliphatic rings. The predicted octanol–water partition coefficient (Wildman–Crippen LogP) is 3.80. The molecular weight excluding hydrogens is 353 g/mol. The van der Waals surface area contributed by atoms with Crippen LogP contribution in [0.4, 0.5) is 17.2 Å². The zero-order chi connectivity index (χ0) is 13.8. The highest BCUT2D eigenvalue weighted by Gasteiger charge is 2.07. The van der Waals surface area contributed by atoms with Crippen molar-refractivity contribution in [2.24, 2.45) is 0 Å². The van der Waals surface area contributed by atoms with Gasteiger partial charge in [0.15, 0.2) is 0 Å². The molecule has 1 aromatic carbocycles. The number of para-hydroxylation sites is 1. The number of hydrogen-bond acceptors (Lipinski definition) is 4. The standard InChI is InChI=1S/C14H16IN3O/c1-9(2)19-14-11(16)7-8-13(18-14)17-12-6-4-3-5-10(12)15/h3-9H,16H2,1-2H3,(H,17,18). The highest BCUT2D eigenvalue weighted by Crippen LogP contribution is 2.26. The first-order chi connectivity index (χ1) is 9.06. The van der Waals surface area contributed by atoms with Gasteiger partial charge in [-0.05, 0) is 60.7 Å². The molecule has 4 nitrogen and oxygen atoms in total. The van der Waals surface area contributed by atoms with E-state index in [1.807, 2.05) is 44.2 Å². The quantitative estimate of drug-likeness (QED) is 0.805. The number of nitrogens with one attached hydrogen (secondary N) is 1. The number of rotatable bonds is 4. The second kappa shape index (κ2) is 6.10. The van der Waals surface area contributed by atoms with Gasteiger partial charge in [0.2, 0.25) is 5.88 Å². The molecule has 0 bridgehead atoms. The van der Waals surface area contributed by atoms with Crippen LogP contribution in [0.3, 0.4) is 0 Å². The first kappa shape index (κ1) is 13.9. The molecule has 0 radical (unpaired) electrons. The van der Waals surface area contributed by atoms with E-state index >= 15 is 0 Å². The Morgan fingerprint density at radius 2 is 1.95 bits per heavy atom. The SMILES string of the molecule is CC(C)Oc1nc(Nc2ccccc2I)ccc1N. The maximum Gasteiger partial charge on any atom is 0.239 e. The molecular formula is C14H16IN3O. The van der Waals surface area contributed by atoms with E-state index < -0.39 is 0 Å². The van der Waals surface area contributed by atoms with Crippen molar-refractivity contribution in [3.05, 3.63) is 40.0 Å². The van der Waals surface area contributed by atoms with E-state index in [-0.39, 0.29) is 6.10 Å². The van der Waals surface area contributed by atoms with Crippen molar-refractivity contribution < 1.29 is 4.74 Å². The highest BCUT2D eigenvalue weighted by atomic mass is 127. The van der Waals surface area contributed by atoms with E-state index in [2.05, 4.69) is 32.9 Å². The Kier molecular flexibility index (Phi) is 4.47. The topological polar surface area (TPSA) is 60.2 Å². The molecule has 0 saturated carbocycles. The molecule has 0 atom stereocenters. The van der Waals surface area contributed by atoms with Crippen molar-refractivity contribution in [1.82, 2.24) is 4.98 Å². The van der Waals surface area contributed by atoms with Gasteiger partial charge < -0.3 is 15.8 Å². The average Bonchev–Trinajstić information content (AvgIpc) is 2.35. The summed E-state index contributed by atoms with van der Waals surface area (Å²) in [6.45, 7) is 3.89. The predicted molar refractivity (Wildman–Crippen MR) is 86.9 cm³/mol. The van der Waals surface area contributed by atoms with Crippen molar-refractivity contribution in [3.8, 4) is 5.88 Å². The fraction of sp³-hybridized carbons (Fsp3) is 0.214. The van der Waals surface area contributed by atoms with Crippen LogP contribution in [-0.4, -0.2) is 11.1 Å². The van der Waals surface area contributed by atoms with Crippen LogP contribution in [0.15, 0.2) is 36.4 Å². The molecule has 0 amide bonds. The molecule has 0 fully saturated rings. The number of hydrogen-bond donors (Lipinski definition) is 2. The van der Waals surface area contributed by atoms with Crippen LogP contribution in [0.25, 0.3) is 0 Å². The summed E-state index contributed by atoms with van der Waals surface area (Å²) in [5, 5.41) is 3.26. The Morgan fingerprint density at radius 1 is 1.21 bits per heavy atom. The van der Waals surface area contributed by atoms with Gasteiger partial charge in [-0.15, -0.1) is 0 Å². The van der Waals surface area contributed by atoms with Crippen molar-refractivity contribution in [3.63, 3.8) is 0 Å². The normalized spacial score (nSPS) is 10.5. The highest BCUT2D eigenvalue weighted by molar-refractivity contribution is 14.1. The van der Waals surface area contributed by atoms with Gasteiger partial charge in [-0.3, -0.25) is 0 Å². The van der Waals surface area contributed by atoms with Crippen LogP contribution in [0, 0.1) is 3.57 Å². The summed E-state index contributed by atoms with van der Waals surface area (Å²) in [7, 11) is 0. The van der Waals surface area contributed by atoms with Gasteiger partial charge >= 0.3 is 0 Å². The van der Waals surface area contributed by atoms with E-state index in [0.717, 1.165) is 9.26 Å². The van der Waals surface area contributed by atoms with E-state index in [1.165, 1.54) is 0 Å². The third-order valence-corrected chi connectivity index (χ3v) is 3.31. The lowest BCUT2D eigenvalue weighted by atomic mass is 10.3. The lowest BCUT2D eigenvalue weighted by Crippen LogP contribution is -2.09. The molecule has 0 spiro atoms. The van der Waals surface area contributed by atoms with Crippen LogP contribution < -0.4 is 15.8 Å². The van der Waals surface area contributed by atoms with Gasteiger partial charge in [-0.1, -0.05) is 12.1 Å². The van der Waals surface area contributed by atoms with Crippen molar-refractivity contribution >= 4 is 39.8 Å². The van der Waals surface area contributed by atoms with Crippen molar-refractivity contribution in [1.29, 1.82) is 0 Å². The van der Waals surface area contributed by atoms with Gasteiger partial charge in [-0.25, -0.2) is 0 Å². The zero-order valence-corrected chi connectivity index (χ0v) is 13.0. The first-order valence-corrected chi connectivity index (χ1v) is 7.09. The monoisotopic (exact) mass is 369 g/mol. The number of benzene rings is 1. The minimum absolute atomic E-state index is 0.0434. The van der Waals surface area contributed by atoms with Gasteiger partial charge in [0.25, 0.3) is 0 Å². The van der Waals surface area contributed by atoms with Gasteiger partial charge in [0.05, 0.1) is 17.5 Å². The molecule has 1 heterocycles. The molecule has 0 aliphatic heterocycles. The maximum absolute atomic E-state index is 5.84. The summed E-state index contributed by atoms with van der Waals surface area (Å²) in [6.07, 6.45) is 0.0434. The zero-order valence-electron chi connectivity index (χ0n) is 10.9. The number of ether oxygens (including phenoxy) is 1. The molecule has 5 heteroatoms. The molecule has 1 aromatic heterocycles. The second-order valence-electron chi connectivity index (χ2n) is 4.36. The number of nitrogen functional groups attached to an aromatic ring is 1. The minimum atomic E-state index is 0.0434. The smallest absolute Gasteiger partial charge is 0.239 e. The number of aromatic nitrogens is 1.